The lowest BCUT2D eigenvalue weighted by atomic mass is 10.0. The van der Waals surface area contributed by atoms with E-state index in [-0.39, 0.29) is 66.2 Å². The fourth-order valence-corrected chi connectivity index (χ4v) is 8.89. The van der Waals surface area contributed by atoms with Crippen molar-refractivity contribution in [1.29, 1.82) is 0 Å². The van der Waals surface area contributed by atoms with E-state index in [9.17, 15) is 24.0 Å². The SMILES string of the molecule is COc1cccc(-c2cnc(C(=O)N3CCC(OC4CCN(CC(=O)N5CCN(C(=O)c6cc(Cc7n[nH]c(=O)c8ccccc78)ccc6F)CC5)CC4)CC3)c(NC(=O)OC(C)(C)C)c2)c1. The lowest BCUT2D eigenvalue weighted by molar-refractivity contribution is -0.135. The summed E-state index contributed by atoms with van der Waals surface area (Å²) in [4.78, 5) is 77.8. The number of hydrogen-bond donors (Lipinski definition) is 2. The molecule has 4 amide bonds. The first-order valence-electron chi connectivity index (χ1n) is 22.8. The van der Waals surface area contributed by atoms with Crippen molar-refractivity contribution in [1.82, 2.24) is 34.8 Å². The number of anilines is 1. The third kappa shape index (κ3) is 11.5. The minimum absolute atomic E-state index is 0.00816. The number of piperazine rings is 1. The number of H-pyrrole nitrogens is 1. The molecule has 3 aliphatic rings. The molecule has 0 radical (unpaired) electrons. The number of rotatable bonds is 11. The Hall–Kier alpha value is -6.72. The molecule has 0 aliphatic carbocycles. The smallest absolute Gasteiger partial charge is 0.412 e. The Labute approximate surface area is 388 Å². The third-order valence-corrected chi connectivity index (χ3v) is 12.5. The Bertz CT molecular complexity index is 2680. The zero-order valence-corrected chi connectivity index (χ0v) is 38.4. The monoisotopic (exact) mass is 916 g/mol. The van der Waals surface area contributed by atoms with Gasteiger partial charge in [0.2, 0.25) is 5.91 Å². The first-order valence-corrected chi connectivity index (χ1v) is 22.8. The quantitative estimate of drug-likeness (QED) is 0.156. The largest absolute Gasteiger partial charge is 0.497 e. The van der Waals surface area contributed by atoms with Gasteiger partial charge in [-0.2, -0.15) is 5.10 Å². The van der Waals surface area contributed by atoms with Gasteiger partial charge in [0.1, 0.15) is 17.2 Å². The van der Waals surface area contributed by atoms with Crippen LogP contribution < -0.4 is 15.6 Å². The summed E-state index contributed by atoms with van der Waals surface area (Å²) in [5.41, 5.74) is 2.11. The molecule has 0 saturated carbocycles. The molecule has 0 bridgehead atoms. The molecule has 2 aromatic heterocycles. The number of pyridine rings is 1. The van der Waals surface area contributed by atoms with Gasteiger partial charge in [0, 0.05) is 75.9 Å². The molecule has 3 aromatic carbocycles. The van der Waals surface area contributed by atoms with Crippen LogP contribution in [0.1, 0.15) is 78.6 Å². The zero-order valence-electron chi connectivity index (χ0n) is 38.4. The predicted molar refractivity (Wildman–Crippen MR) is 250 cm³/mol. The molecule has 0 unspecified atom stereocenters. The number of nitrogens with one attached hydrogen (secondary N) is 2. The average molecular weight is 917 g/mol. The third-order valence-electron chi connectivity index (χ3n) is 12.5. The molecule has 3 fully saturated rings. The summed E-state index contributed by atoms with van der Waals surface area (Å²) >= 11 is 0. The number of fused-ring (bicyclic) bond motifs is 1. The first kappa shape index (κ1) is 46.8. The molecule has 17 heteroatoms. The van der Waals surface area contributed by atoms with Crippen molar-refractivity contribution >= 4 is 40.3 Å². The van der Waals surface area contributed by atoms with Crippen LogP contribution in [0.3, 0.4) is 0 Å². The summed E-state index contributed by atoms with van der Waals surface area (Å²) in [6.45, 7) is 9.21. The van der Waals surface area contributed by atoms with E-state index in [2.05, 4.69) is 25.4 Å². The molecule has 0 atom stereocenters. The zero-order chi connectivity index (χ0) is 47.2. The summed E-state index contributed by atoms with van der Waals surface area (Å²) in [7, 11) is 1.59. The molecule has 352 valence electrons. The van der Waals surface area contributed by atoms with E-state index in [0.717, 1.165) is 18.4 Å². The van der Waals surface area contributed by atoms with Crippen LogP contribution in [0.4, 0.5) is 14.9 Å². The maximum absolute atomic E-state index is 15.1. The molecule has 3 aliphatic heterocycles. The summed E-state index contributed by atoms with van der Waals surface area (Å²) in [6.07, 6.45) is 4.10. The van der Waals surface area contributed by atoms with E-state index in [0.29, 0.717) is 91.9 Å². The van der Waals surface area contributed by atoms with E-state index in [4.69, 9.17) is 14.2 Å². The van der Waals surface area contributed by atoms with E-state index in [1.165, 1.54) is 6.07 Å². The number of carbonyl (C=O) groups is 4. The normalized spacial score (nSPS) is 16.5. The topological polar surface area (TPSA) is 180 Å². The van der Waals surface area contributed by atoms with Crippen LogP contribution in [0.25, 0.3) is 21.9 Å². The Morgan fingerprint density at radius 3 is 2.15 bits per heavy atom. The molecule has 2 N–H and O–H groups in total. The molecule has 5 aromatic rings. The summed E-state index contributed by atoms with van der Waals surface area (Å²) in [5.74, 6) is -0.687. The van der Waals surface area contributed by atoms with E-state index < -0.39 is 23.4 Å². The Kier molecular flexibility index (Phi) is 14.3. The number of ether oxygens (including phenoxy) is 3. The average Bonchev–Trinajstić information content (AvgIpc) is 3.33. The lowest BCUT2D eigenvalue weighted by Crippen LogP contribution is -2.53. The highest BCUT2D eigenvalue weighted by atomic mass is 19.1. The van der Waals surface area contributed by atoms with Crippen molar-refractivity contribution in [3.05, 3.63) is 118 Å². The highest BCUT2D eigenvalue weighted by Gasteiger charge is 2.32. The number of halogens is 1. The van der Waals surface area contributed by atoms with E-state index >= 15 is 4.39 Å². The van der Waals surface area contributed by atoms with Crippen LogP contribution in [0, 0.1) is 5.82 Å². The second kappa shape index (κ2) is 20.4. The van der Waals surface area contributed by atoms with Crippen LogP contribution in [0.2, 0.25) is 0 Å². The Balaban J connectivity index is 0.782. The van der Waals surface area contributed by atoms with Gasteiger partial charge in [-0.15, -0.1) is 0 Å². The molecular weight excluding hydrogens is 860 g/mol. The second-order valence-corrected chi connectivity index (χ2v) is 18.3. The van der Waals surface area contributed by atoms with Gasteiger partial charge >= 0.3 is 6.09 Å². The van der Waals surface area contributed by atoms with Crippen molar-refractivity contribution < 1.29 is 37.8 Å². The van der Waals surface area contributed by atoms with Gasteiger partial charge in [-0.1, -0.05) is 36.4 Å². The number of nitrogens with zero attached hydrogens (tertiary/aromatic N) is 6. The van der Waals surface area contributed by atoms with Crippen LogP contribution in [-0.4, -0.2) is 142 Å². The fourth-order valence-electron chi connectivity index (χ4n) is 8.89. The first-order chi connectivity index (χ1) is 32.2. The van der Waals surface area contributed by atoms with Gasteiger partial charge in [0.25, 0.3) is 17.4 Å². The van der Waals surface area contributed by atoms with E-state index in [1.54, 1.807) is 79.1 Å². The number of benzene rings is 3. The highest BCUT2D eigenvalue weighted by Crippen LogP contribution is 2.30. The minimum Gasteiger partial charge on any atom is -0.497 e. The summed E-state index contributed by atoms with van der Waals surface area (Å²) < 4.78 is 32.5. The minimum atomic E-state index is -0.741. The Morgan fingerprint density at radius 1 is 0.776 bits per heavy atom. The predicted octanol–water partition coefficient (Wildman–Crippen LogP) is 6.14. The number of amides is 4. The van der Waals surface area contributed by atoms with Crippen LogP contribution in [-0.2, 0) is 20.7 Å². The van der Waals surface area contributed by atoms with E-state index in [1.807, 2.05) is 36.4 Å². The van der Waals surface area contributed by atoms with Crippen LogP contribution >= 0.6 is 0 Å². The molecule has 67 heavy (non-hydrogen) atoms. The van der Waals surface area contributed by atoms with Gasteiger partial charge < -0.3 is 28.9 Å². The lowest BCUT2D eigenvalue weighted by Gasteiger charge is -2.38. The number of aromatic nitrogens is 3. The van der Waals surface area contributed by atoms with Crippen LogP contribution in [0.5, 0.6) is 5.75 Å². The van der Waals surface area contributed by atoms with Gasteiger partial charge in [0.15, 0.2) is 5.69 Å². The van der Waals surface area contributed by atoms with Crippen molar-refractivity contribution in [2.24, 2.45) is 0 Å². The van der Waals surface area contributed by atoms with Crippen molar-refractivity contribution in [2.75, 3.05) is 71.3 Å². The highest BCUT2D eigenvalue weighted by molar-refractivity contribution is 6.02. The number of hydrogen-bond acceptors (Lipinski definition) is 11. The molecule has 3 saturated heterocycles. The fraction of sp³-hybridized carbons (Fsp3) is 0.420. The number of methoxy groups -OCH3 is 1. The van der Waals surface area contributed by atoms with Crippen molar-refractivity contribution in [3.8, 4) is 16.9 Å². The Morgan fingerprint density at radius 2 is 1.45 bits per heavy atom. The molecular formula is C50H57FN8O8. The van der Waals surface area contributed by atoms with Crippen molar-refractivity contribution in [2.45, 2.75) is 70.7 Å². The molecule has 16 nitrogen and oxygen atoms in total. The number of carbonyl (C=O) groups excluding carboxylic acids is 4. The number of likely N-dealkylation sites (tertiary alicyclic amines) is 2. The second-order valence-electron chi connectivity index (χ2n) is 18.3. The maximum atomic E-state index is 15.1. The van der Waals surface area contributed by atoms with Crippen LogP contribution in [0.15, 0.2) is 83.8 Å². The van der Waals surface area contributed by atoms with Crippen molar-refractivity contribution in [3.63, 3.8) is 0 Å². The van der Waals surface area contributed by atoms with Gasteiger partial charge in [-0.05, 0) is 94.0 Å². The van der Waals surface area contributed by atoms with Gasteiger partial charge in [-0.25, -0.2) is 19.3 Å². The molecule has 8 rings (SSSR count). The molecule has 0 spiro atoms. The summed E-state index contributed by atoms with van der Waals surface area (Å²) in [5, 5.41) is 10.7. The maximum Gasteiger partial charge on any atom is 0.412 e. The van der Waals surface area contributed by atoms with Gasteiger partial charge in [-0.3, -0.25) is 29.4 Å². The number of aromatic amines is 1. The summed E-state index contributed by atoms with van der Waals surface area (Å²) in [6, 6.07) is 20.7. The molecule has 5 heterocycles. The van der Waals surface area contributed by atoms with Gasteiger partial charge in [0.05, 0.1) is 48.2 Å². The number of piperidine rings is 2. The standard InChI is InChI=1S/C50H57FN8O8/c1-50(2,3)67-49(64)53-43-29-34(33-8-7-9-37(28-33)65-4)30-52-45(43)48(63)58-20-16-36(17-21-58)66-35-14-18-56(19-15-35)31-44(60)57-22-24-59(25-23-57)47(62)40-26-32(12-13-41(40)51)27-42-38-10-5-6-11-39(38)46(61)55-54-42/h5-13,26,28-30,35-36H,14-25,27,31H2,1-4H3,(H,53,64)(H,55,61).